The Balaban J connectivity index is 1.50. The number of hydrogen-bond donors (Lipinski definition) is 0. The zero-order chi connectivity index (χ0) is 18.0. The highest BCUT2D eigenvalue weighted by molar-refractivity contribution is 5.77. The minimum atomic E-state index is 0.137. The maximum Gasteiger partial charge on any atom is 0.248 e. The molecule has 2 fully saturated rings. The van der Waals surface area contributed by atoms with E-state index in [9.17, 15) is 4.79 Å². The van der Waals surface area contributed by atoms with E-state index in [-0.39, 0.29) is 17.9 Å². The van der Waals surface area contributed by atoms with Gasteiger partial charge in [0.05, 0.1) is 13.2 Å². The molecule has 0 bridgehead atoms. The standard InChI is InChI=1S/C21H30N2O3/c1-2-25-16-20(24)23-9-7-21(8-10-23)15-19(22-11-13-26-14-12-22)17-5-3-4-6-18(17)21/h3-6,19H,2,7-16H2,1H3. The van der Waals surface area contributed by atoms with Crippen molar-refractivity contribution in [2.75, 3.05) is 52.6 Å². The van der Waals surface area contributed by atoms with Crippen LogP contribution in [0.4, 0.5) is 0 Å². The van der Waals surface area contributed by atoms with E-state index in [0.717, 1.165) is 52.2 Å². The van der Waals surface area contributed by atoms with E-state index >= 15 is 0 Å². The number of carbonyl (C=O) groups is 1. The number of likely N-dealkylation sites (tertiary alicyclic amines) is 1. The van der Waals surface area contributed by atoms with Crippen LogP contribution in [0.15, 0.2) is 24.3 Å². The van der Waals surface area contributed by atoms with Gasteiger partial charge >= 0.3 is 0 Å². The number of benzene rings is 1. The van der Waals surface area contributed by atoms with Crippen LogP contribution in [0.3, 0.4) is 0 Å². The first-order valence-corrected chi connectivity index (χ1v) is 10.0. The summed E-state index contributed by atoms with van der Waals surface area (Å²) in [5.74, 6) is 0.137. The highest BCUT2D eigenvalue weighted by atomic mass is 16.5. The van der Waals surface area contributed by atoms with Gasteiger partial charge in [-0.3, -0.25) is 9.69 Å². The van der Waals surface area contributed by atoms with Crippen LogP contribution in [0.5, 0.6) is 0 Å². The molecule has 1 amide bonds. The molecule has 5 nitrogen and oxygen atoms in total. The fourth-order valence-corrected chi connectivity index (χ4v) is 5.01. The molecular weight excluding hydrogens is 328 g/mol. The van der Waals surface area contributed by atoms with Crippen molar-refractivity contribution in [2.24, 2.45) is 0 Å². The van der Waals surface area contributed by atoms with Crippen LogP contribution in [-0.2, 0) is 19.7 Å². The first-order chi connectivity index (χ1) is 12.7. The Bertz CT molecular complexity index is 634. The molecule has 3 aliphatic rings. The molecule has 1 aromatic rings. The highest BCUT2D eigenvalue weighted by Gasteiger charge is 2.47. The zero-order valence-electron chi connectivity index (χ0n) is 15.8. The van der Waals surface area contributed by atoms with E-state index < -0.39 is 0 Å². The fourth-order valence-electron chi connectivity index (χ4n) is 5.01. The number of hydrogen-bond acceptors (Lipinski definition) is 4. The predicted molar refractivity (Wildman–Crippen MR) is 100 cm³/mol. The molecule has 1 spiro atoms. The van der Waals surface area contributed by atoms with Gasteiger partial charge in [-0.15, -0.1) is 0 Å². The number of amides is 1. The summed E-state index contributed by atoms with van der Waals surface area (Å²) < 4.78 is 10.9. The Morgan fingerprint density at radius 2 is 1.92 bits per heavy atom. The lowest BCUT2D eigenvalue weighted by Gasteiger charge is -2.41. The van der Waals surface area contributed by atoms with Crippen LogP contribution in [0.25, 0.3) is 0 Å². The maximum absolute atomic E-state index is 12.3. The third-order valence-corrected chi connectivity index (χ3v) is 6.46. The van der Waals surface area contributed by atoms with Gasteiger partial charge in [-0.05, 0) is 37.3 Å². The summed E-state index contributed by atoms with van der Waals surface area (Å²) >= 11 is 0. The maximum atomic E-state index is 12.3. The Morgan fingerprint density at radius 3 is 2.65 bits per heavy atom. The second kappa shape index (κ2) is 7.67. The van der Waals surface area contributed by atoms with Crippen molar-refractivity contribution in [3.05, 3.63) is 35.4 Å². The summed E-state index contributed by atoms with van der Waals surface area (Å²) in [6.07, 6.45) is 3.30. The van der Waals surface area contributed by atoms with E-state index in [1.54, 1.807) is 0 Å². The molecule has 2 saturated heterocycles. The van der Waals surface area contributed by atoms with Crippen molar-refractivity contribution < 1.29 is 14.3 Å². The number of carbonyl (C=O) groups excluding carboxylic acids is 1. The summed E-state index contributed by atoms with van der Waals surface area (Å²) in [5, 5.41) is 0. The first-order valence-electron chi connectivity index (χ1n) is 10.0. The Kier molecular flexibility index (Phi) is 5.30. The number of ether oxygens (including phenoxy) is 2. The van der Waals surface area contributed by atoms with Crippen molar-refractivity contribution in [2.45, 2.75) is 37.6 Å². The Hall–Kier alpha value is -1.43. The summed E-state index contributed by atoms with van der Waals surface area (Å²) in [7, 11) is 0. The average molecular weight is 358 g/mol. The number of morpholine rings is 1. The molecule has 0 aromatic heterocycles. The minimum absolute atomic E-state index is 0.137. The summed E-state index contributed by atoms with van der Waals surface area (Å²) in [6.45, 7) is 8.15. The second-order valence-corrected chi connectivity index (χ2v) is 7.75. The van der Waals surface area contributed by atoms with Crippen LogP contribution < -0.4 is 0 Å². The number of nitrogens with zero attached hydrogens (tertiary/aromatic N) is 2. The van der Waals surface area contributed by atoms with Gasteiger partial charge in [0.15, 0.2) is 0 Å². The summed E-state index contributed by atoms with van der Waals surface area (Å²) in [4.78, 5) is 16.9. The van der Waals surface area contributed by atoms with E-state index in [2.05, 4.69) is 29.2 Å². The molecular formula is C21H30N2O3. The van der Waals surface area contributed by atoms with Crippen molar-refractivity contribution in [3.8, 4) is 0 Å². The fraction of sp³-hybridized carbons (Fsp3) is 0.667. The lowest BCUT2D eigenvalue weighted by Crippen LogP contribution is -2.46. The van der Waals surface area contributed by atoms with Gasteiger partial charge < -0.3 is 14.4 Å². The summed E-state index contributed by atoms with van der Waals surface area (Å²) in [6, 6.07) is 9.49. The second-order valence-electron chi connectivity index (χ2n) is 7.75. The zero-order valence-corrected chi connectivity index (χ0v) is 15.8. The Labute approximate surface area is 156 Å². The topological polar surface area (TPSA) is 42.0 Å². The number of fused-ring (bicyclic) bond motifs is 2. The molecule has 1 unspecified atom stereocenters. The largest absolute Gasteiger partial charge is 0.379 e. The van der Waals surface area contributed by atoms with Gasteiger partial charge in [0, 0.05) is 44.2 Å². The molecule has 142 valence electrons. The van der Waals surface area contributed by atoms with Gasteiger partial charge in [-0.1, -0.05) is 24.3 Å². The van der Waals surface area contributed by atoms with Crippen molar-refractivity contribution in [3.63, 3.8) is 0 Å². The molecule has 1 aliphatic carbocycles. The molecule has 26 heavy (non-hydrogen) atoms. The quantitative estimate of drug-likeness (QED) is 0.829. The smallest absolute Gasteiger partial charge is 0.248 e. The van der Waals surface area contributed by atoms with E-state index in [1.807, 2.05) is 11.8 Å². The van der Waals surface area contributed by atoms with E-state index in [4.69, 9.17) is 9.47 Å². The molecule has 0 saturated carbocycles. The molecule has 0 radical (unpaired) electrons. The average Bonchev–Trinajstić information content (AvgIpc) is 3.02. The molecule has 5 heteroatoms. The molecule has 1 aromatic carbocycles. The van der Waals surface area contributed by atoms with Gasteiger partial charge in [0.25, 0.3) is 0 Å². The van der Waals surface area contributed by atoms with E-state index in [1.165, 1.54) is 17.5 Å². The van der Waals surface area contributed by atoms with E-state index in [0.29, 0.717) is 12.6 Å². The molecule has 1 atom stereocenters. The molecule has 2 heterocycles. The van der Waals surface area contributed by atoms with Crippen LogP contribution in [0, 0.1) is 0 Å². The SMILES string of the molecule is CCOCC(=O)N1CCC2(CC1)CC(N1CCOCC1)c1ccccc12. The van der Waals surface area contributed by atoms with Crippen molar-refractivity contribution >= 4 is 5.91 Å². The van der Waals surface area contributed by atoms with Crippen molar-refractivity contribution in [1.82, 2.24) is 9.80 Å². The van der Waals surface area contributed by atoms with Crippen LogP contribution in [0.1, 0.15) is 43.4 Å². The first kappa shape index (κ1) is 18.0. The van der Waals surface area contributed by atoms with Gasteiger partial charge in [-0.25, -0.2) is 0 Å². The Morgan fingerprint density at radius 1 is 1.19 bits per heavy atom. The lowest BCUT2D eigenvalue weighted by atomic mass is 9.73. The lowest BCUT2D eigenvalue weighted by molar-refractivity contribution is -0.137. The number of piperidine rings is 1. The monoisotopic (exact) mass is 358 g/mol. The van der Waals surface area contributed by atoms with Crippen molar-refractivity contribution in [1.29, 1.82) is 0 Å². The molecule has 0 N–H and O–H groups in total. The van der Waals surface area contributed by atoms with Gasteiger partial charge in [0.1, 0.15) is 6.61 Å². The predicted octanol–water partition coefficient (Wildman–Crippen LogP) is 2.36. The normalized spacial score (nSPS) is 25.4. The van der Waals surface area contributed by atoms with Crippen LogP contribution >= 0.6 is 0 Å². The van der Waals surface area contributed by atoms with Gasteiger partial charge in [0.2, 0.25) is 5.91 Å². The van der Waals surface area contributed by atoms with Gasteiger partial charge in [-0.2, -0.15) is 0 Å². The molecule has 2 aliphatic heterocycles. The minimum Gasteiger partial charge on any atom is -0.379 e. The number of rotatable bonds is 4. The third-order valence-electron chi connectivity index (χ3n) is 6.46. The highest BCUT2D eigenvalue weighted by Crippen LogP contribution is 2.52. The van der Waals surface area contributed by atoms with Crippen LogP contribution in [0.2, 0.25) is 0 Å². The third kappa shape index (κ3) is 3.28. The summed E-state index contributed by atoms with van der Waals surface area (Å²) in [5.41, 5.74) is 3.25. The van der Waals surface area contributed by atoms with Crippen LogP contribution in [-0.4, -0.2) is 68.3 Å². The molecule has 4 rings (SSSR count).